The van der Waals surface area contributed by atoms with Crippen molar-refractivity contribution < 1.29 is 0 Å². The number of nitrogens with zero attached hydrogens (tertiary/aromatic N) is 4. The Hall–Kier alpha value is -1.13. The molecule has 2 heterocycles. The van der Waals surface area contributed by atoms with Crippen molar-refractivity contribution in [1.82, 2.24) is 19.7 Å². The lowest BCUT2D eigenvalue weighted by atomic mass is 10.3. The monoisotopic (exact) mass is 242 g/mol. The van der Waals surface area contributed by atoms with E-state index in [-0.39, 0.29) is 5.88 Å². The Balaban J connectivity index is 2.57. The van der Waals surface area contributed by atoms with Crippen molar-refractivity contribution in [2.45, 2.75) is 12.8 Å². The van der Waals surface area contributed by atoms with Gasteiger partial charge in [0.15, 0.2) is 5.82 Å². The van der Waals surface area contributed by atoms with Gasteiger partial charge in [-0.15, -0.1) is 11.6 Å². The lowest BCUT2D eigenvalue weighted by Gasteiger charge is -2.06. The fourth-order valence-electron chi connectivity index (χ4n) is 1.22. The molecule has 0 N–H and O–H groups in total. The number of aryl methyl sites for hydroxylation is 1. The van der Waals surface area contributed by atoms with Gasteiger partial charge in [0.05, 0.1) is 12.1 Å². The van der Waals surface area contributed by atoms with Crippen LogP contribution in [0, 0.1) is 6.92 Å². The van der Waals surface area contributed by atoms with Crippen LogP contribution in [0.2, 0.25) is 5.15 Å². The number of alkyl halides is 1. The second-order valence-electron chi connectivity index (χ2n) is 3.06. The molecule has 0 unspecified atom stereocenters. The molecule has 0 radical (unpaired) electrons. The summed E-state index contributed by atoms with van der Waals surface area (Å²) in [4.78, 5) is 7.99. The Morgan fingerprint density at radius 1 is 1.40 bits per heavy atom. The number of rotatable bonds is 2. The molecule has 15 heavy (non-hydrogen) atoms. The van der Waals surface area contributed by atoms with E-state index in [2.05, 4.69) is 15.1 Å². The molecule has 0 saturated carbocycles. The summed E-state index contributed by atoms with van der Waals surface area (Å²) >= 11 is 11.7. The van der Waals surface area contributed by atoms with Crippen LogP contribution < -0.4 is 0 Å². The number of aromatic nitrogens is 4. The molecule has 4 nitrogen and oxygen atoms in total. The molecule has 0 amide bonds. The number of halogens is 2. The Morgan fingerprint density at radius 2 is 2.20 bits per heavy atom. The largest absolute Gasteiger partial charge is 0.224 e. The minimum absolute atomic E-state index is 0.258. The highest BCUT2D eigenvalue weighted by atomic mass is 35.5. The fourth-order valence-corrected chi connectivity index (χ4v) is 1.73. The molecule has 0 spiro atoms. The zero-order chi connectivity index (χ0) is 10.8. The first-order valence-electron chi connectivity index (χ1n) is 4.29. The van der Waals surface area contributed by atoms with Crippen LogP contribution in [-0.4, -0.2) is 19.7 Å². The van der Waals surface area contributed by atoms with Gasteiger partial charge < -0.3 is 0 Å². The predicted octanol–water partition coefficient (Wildman–Crippen LogP) is 2.36. The zero-order valence-electron chi connectivity index (χ0n) is 7.98. The highest BCUT2D eigenvalue weighted by molar-refractivity contribution is 6.31. The van der Waals surface area contributed by atoms with Crippen LogP contribution in [0.4, 0.5) is 0 Å². The molecule has 2 aromatic heterocycles. The average molecular weight is 243 g/mol. The molecule has 0 aliphatic heterocycles. The van der Waals surface area contributed by atoms with Crippen molar-refractivity contribution >= 4 is 23.2 Å². The molecule has 0 aliphatic carbocycles. The lowest BCUT2D eigenvalue weighted by Crippen LogP contribution is -2.03. The Morgan fingerprint density at radius 3 is 2.80 bits per heavy atom. The quantitative estimate of drug-likeness (QED) is 0.600. The van der Waals surface area contributed by atoms with E-state index in [1.165, 1.54) is 6.33 Å². The normalized spacial score (nSPS) is 10.6. The first-order valence-corrected chi connectivity index (χ1v) is 5.20. The van der Waals surface area contributed by atoms with Crippen LogP contribution >= 0.6 is 23.2 Å². The smallest absolute Gasteiger partial charge is 0.162 e. The Labute approximate surface area is 96.9 Å². The maximum atomic E-state index is 5.91. The van der Waals surface area contributed by atoms with Crippen molar-refractivity contribution in [2.24, 2.45) is 0 Å². The van der Waals surface area contributed by atoms with Crippen LogP contribution in [0.5, 0.6) is 0 Å². The van der Waals surface area contributed by atoms with Crippen molar-refractivity contribution in [1.29, 1.82) is 0 Å². The fraction of sp³-hybridized carbons (Fsp3) is 0.222. The number of hydrogen-bond donors (Lipinski definition) is 0. The SMILES string of the molecule is Cc1cnn(-c2ncnc(Cl)c2CCl)c1. The van der Waals surface area contributed by atoms with Gasteiger partial charge in [0.1, 0.15) is 11.5 Å². The molecule has 0 bridgehead atoms. The van der Waals surface area contributed by atoms with Crippen molar-refractivity contribution in [3.63, 3.8) is 0 Å². The summed E-state index contributed by atoms with van der Waals surface area (Å²) in [5, 5.41) is 4.51. The Bertz CT molecular complexity index is 481. The third-order valence-corrected chi connectivity index (χ3v) is 2.53. The van der Waals surface area contributed by atoms with Gasteiger partial charge >= 0.3 is 0 Å². The van der Waals surface area contributed by atoms with E-state index >= 15 is 0 Å². The van der Waals surface area contributed by atoms with E-state index in [0.717, 1.165) is 5.56 Å². The lowest BCUT2D eigenvalue weighted by molar-refractivity contribution is 0.826. The van der Waals surface area contributed by atoms with Gasteiger partial charge in [0.25, 0.3) is 0 Å². The summed E-state index contributed by atoms with van der Waals surface area (Å²) < 4.78 is 1.64. The zero-order valence-corrected chi connectivity index (χ0v) is 9.50. The van der Waals surface area contributed by atoms with Gasteiger partial charge in [0, 0.05) is 11.8 Å². The third kappa shape index (κ3) is 1.96. The summed E-state index contributed by atoms with van der Waals surface area (Å²) in [6.45, 7) is 1.95. The molecular formula is C9H8Cl2N4. The molecule has 2 rings (SSSR count). The van der Waals surface area contributed by atoms with Crippen molar-refractivity contribution in [3.05, 3.63) is 35.0 Å². The van der Waals surface area contributed by atoms with Crippen LogP contribution in [0.1, 0.15) is 11.1 Å². The van der Waals surface area contributed by atoms with E-state index in [4.69, 9.17) is 23.2 Å². The van der Waals surface area contributed by atoms with E-state index < -0.39 is 0 Å². The summed E-state index contributed by atoms with van der Waals surface area (Å²) in [6.07, 6.45) is 4.99. The maximum absolute atomic E-state index is 5.91. The van der Waals surface area contributed by atoms with Crippen LogP contribution in [0.3, 0.4) is 0 Å². The summed E-state index contributed by atoms with van der Waals surface area (Å²) in [7, 11) is 0. The first kappa shape index (κ1) is 10.4. The van der Waals surface area contributed by atoms with Gasteiger partial charge in [-0.1, -0.05) is 11.6 Å². The Kier molecular flexibility index (Phi) is 2.88. The van der Waals surface area contributed by atoms with E-state index in [1.807, 2.05) is 13.1 Å². The molecule has 0 atom stereocenters. The van der Waals surface area contributed by atoms with Crippen LogP contribution in [-0.2, 0) is 5.88 Å². The second kappa shape index (κ2) is 4.16. The summed E-state index contributed by atoms with van der Waals surface area (Å²) in [5.41, 5.74) is 1.73. The molecule has 0 aromatic carbocycles. The van der Waals surface area contributed by atoms with Crippen molar-refractivity contribution in [2.75, 3.05) is 0 Å². The minimum Gasteiger partial charge on any atom is -0.224 e. The van der Waals surface area contributed by atoms with E-state index in [9.17, 15) is 0 Å². The van der Waals surface area contributed by atoms with Gasteiger partial charge in [-0.2, -0.15) is 5.10 Å². The first-order chi connectivity index (χ1) is 7.22. The molecule has 0 aliphatic rings. The minimum atomic E-state index is 0.258. The highest BCUT2D eigenvalue weighted by Gasteiger charge is 2.10. The van der Waals surface area contributed by atoms with Crippen molar-refractivity contribution in [3.8, 4) is 5.82 Å². The average Bonchev–Trinajstić information content (AvgIpc) is 2.64. The van der Waals surface area contributed by atoms with Crippen LogP contribution in [0.15, 0.2) is 18.7 Å². The van der Waals surface area contributed by atoms with Crippen LogP contribution in [0.25, 0.3) is 5.82 Å². The second-order valence-corrected chi connectivity index (χ2v) is 3.69. The molecule has 0 saturated heterocycles. The molecule has 78 valence electrons. The van der Waals surface area contributed by atoms with E-state index in [0.29, 0.717) is 16.5 Å². The standard InChI is InChI=1S/C9H8Cl2N4/c1-6-3-14-15(4-6)9-7(2-10)8(11)12-5-13-9/h3-5H,2H2,1H3. The predicted molar refractivity (Wildman–Crippen MR) is 58.5 cm³/mol. The molecular weight excluding hydrogens is 235 g/mol. The topological polar surface area (TPSA) is 43.6 Å². The van der Waals surface area contributed by atoms with Gasteiger partial charge in [-0.3, -0.25) is 0 Å². The highest BCUT2D eigenvalue weighted by Crippen LogP contribution is 2.20. The third-order valence-electron chi connectivity index (χ3n) is 1.93. The number of hydrogen-bond acceptors (Lipinski definition) is 3. The van der Waals surface area contributed by atoms with Gasteiger partial charge in [-0.05, 0) is 12.5 Å². The van der Waals surface area contributed by atoms with E-state index in [1.54, 1.807) is 10.9 Å². The van der Waals surface area contributed by atoms with Gasteiger partial charge in [-0.25, -0.2) is 14.6 Å². The van der Waals surface area contributed by atoms with Gasteiger partial charge in [0.2, 0.25) is 0 Å². The summed E-state index contributed by atoms with van der Waals surface area (Å²) in [6, 6.07) is 0. The summed E-state index contributed by atoms with van der Waals surface area (Å²) in [5.74, 6) is 0.881. The molecule has 2 aromatic rings. The molecule has 0 fully saturated rings. The molecule has 6 heteroatoms. The maximum Gasteiger partial charge on any atom is 0.162 e.